The van der Waals surface area contributed by atoms with E-state index in [9.17, 15) is 0 Å². The van der Waals surface area contributed by atoms with Crippen LogP contribution in [0.4, 0.5) is 0 Å². The van der Waals surface area contributed by atoms with Crippen LogP contribution < -0.4 is 4.74 Å². The molecule has 0 spiro atoms. The van der Waals surface area contributed by atoms with Crippen LogP contribution in [0.25, 0.3) is 10.9 Å². The van der Waals surface area contributed by atoms with Crippen molar-refractivity contribution in [2.45, 2.75) is 26.3 Å². The van der Waals surface area contributed by atoms with E-state index in [4.69, 9.17) is 4.74 Å². The monoisotopic (exact) mass is 280 g/mol. The number of nitrogens with zero attached hydrogens (tertiary/aromatic N) is 2. The van der Waals surface area contributed by atoms with E-state index < -0.39 is 0 Å². The van der Waals surface area contributed by atoms with E-state index in [-0.39, 0.29) is 0 Å². The Labute approximate surface area is 125 Å². The zero-order valence-corrected chi connectivity index (χ0v) is 12.7. The maximum Gasteiger partial charge on any atom is 0.118 e. The van der Waals surface area contributed by atoms with Gasteiger partial charge in [0.15, 0.2) is 0 Å². The van der Waals surface area contributed by atoms with Gasteiger partial charge in [-0.05, 0) is 41.3 Å². The molecular weight excluding hydrogens is 260 g/mol. The lowest BCUT2D eigenvalue weighted by Crippen LogP contribution is -2.01. The number of hydrogen-bond acceptors (Lipinski definition) is 2. The molecule has 0 bridgehead atoms. The van der Waals surface area contributed by atoms with Gasteiger partial charge in [-0.15, -0.1) is 0 Å². The molecule has 0 N–H and O–H groups in total. The average Bonchev–Trinajstić information content (AvgIpc) is 2.90. The van der Waals surface area contributed by atoms with Gasteiger partial charge in [0.2, 0.25) is 0 Å². The Morgan fingerprint density at radius 3 is 2.52 bits per heavy atom. The second-order valence-electron chi connectivity index (χ2n) is 5.62. The first-order valence-electron chi connectivity index (χ1n) is 7.26. The van der Waals surface area contributed by atoms with E-state index in [0.717, 1.165) is 12.3 Å². The largest absolute Gasteiger partial charge is 0.497 e. The molecule has 0 fully saturated rings. The standard InChI is InChI=1S/C18H20N2O/c1-13(2)15-6-9-18-16(10-15)11-19-20(18)12-14-4-7-17(21-3)8-5-14/h4-11,13H,12H2,1-3H3. The van der Waals surface area contributed by atoms with Gasteiger partial charge in [0.05, 0.1) is 25.4 Å². The molecule has 1 heterocycles. The molecule has 3 rings (SSSR count). The lowest BCUT2D eigenvalue weighted by molar-refractivity contribution is 0.414. The van der Waals surface area contributed by atoms with Crippen LogP contribution in [-0.4, -0.2) is 16.9 Å². The zero-order valence-electron chi connectivity index (χ0n) is 12.7. The van der Waals surface area contributed by atoms with Gasteiger partial charge in [0, 0.05) is 5.39 Å². The first-order valence-corrected chi connectivity index (χ1v) is 7.26. The molecule has 3 aromatic rings. The summed E-state index contributed by atoms with van der Waals surface area (Å²) in [5, 5.41) is 5.72. The van der Waals surface area contributed by atoms with Crippen molar-refractivity contribution in [1.82, 2.24) is 9.78 Å². The van der Waals surface area contributed by atoms with Crippen molar-refractivity contribution in [3.8, 4) is 5.75 Å². The maximum atomic E-state index is 5.19. The smallest absolute Gasteiger partial charge is 0.118 e. The van der Waals surface area contributed by atoms with Crippen LogP contribution in [0.3, 0.4) is 0 Å². The molecule has 0 saturated carbocycles. The van der Waals surface area contributed by atoms with E-state index >= 15 is 0 Å². The van der Waals surface area contributed by atoms with E-state index in [1.165, 1.54) is 22.0 Å². The summed E-state index contributed by atoms with van der Waals surface area (Å²) in [6.07, 6.45) is 1.95. The fraction of sp³-hybridized carbons (Fsp3) is 0.278. The van der Waals surface area contributed by atoms with Crippen LogP contribution in [-0.2, 0) is 6.54 Å². The topological polar surface area (TPSA) is 27.1 Å². The number of fused-ring (bicyclic) bond motifs is 1. The molecule has 0 aliphatic heterocycles. The molecule has 1 aromatic heterocycles. The summed E-state index contributed by atoms with van der Waals surface area (Å²) in [6, 6.07) is 14.7. The molecule has 0 amide bonds. The second-order valence-corrected chi connectivity index (χ2v) is 5.62. The molecule has 2 aromatic carbocycles. The lowest BCUT2D eigenvalue weighted by Gasteiger charge is -2.07. The van der Waals surface area contributed by atoms with Crippen LogP contribution in [0, 0.1) is 0 Å². The number of rotatable bonds is 4. The van der Waals surface area contributed by atoms with Gasteiger partial charge in [-0.1, -0.05) is 32.0 Å². The van der Waals surface area contributed by atoms with E-state index in [2.05, 4.69) is 49.3 Å². The van der Waals surface area contributed by atoms with Gasteiger partial charge < -0.3 is 4.74 Å². The highest BCUT2D eigenvalue weighted by Crippen LogP contribution is 2.22. The summed E-state index contributed by atoms with van der Waals surface area (Å²) < 4.78 is 7.23. The Hall–Kier alpha value is -2.29. The van der Waals surface area contributed by atoms with Gasteiger partial charge in [-0.25, -0.2) is 0 Å². The summed E-state index contributed by atoms with van der Waals surface area (Å²) in [6.45, 7) is 5.19. The number of hydrogen-bond donors (Lipinski definition) is 0. The third-order valence-electron chi connectivity index (χ3n) is 3.82. The van der Waals surface area contributed by atoms with Gasteiger partial charge in [0.25, 0.3) is 0 Å². The SMILES string of the molecule is COc1ccc(Cn2ncc3cc(C(C)C)ccc32)cc1. The fourth-order valence-electron chi connectivity index (χ4n) is 2.49. The van der Waals surface area contributed by atoms with Crippen molar-refractivity contribution < 1.29 is 4.74 Å². The van der Waals surface area contributed by atoms with Crippen LogP contribution >= 0.6 is 0 Å². The van der Waals surface area contributed by atoms with Gasteiger partial charge in [0.1, 0.15) is 5.75 Å². The molecule has 21 heavy (non-hydrogen) atoms. The minimum absolute atomic E-state index is 0.541. The molecule has 108 valence electrons. The minimum atomic E-state index is 0.541. The van der Waals surface area contributed by atoms with Crippen molar-refractivity contribution in [3.63, 3.8) is 0 Å². The summed E-state index contributed by atoms with van der Waals surface area (Å²) in [5.41, 5.74) is 3.75. The van der Waals surface area contributed by atoms with E-state index in [1.807, 2.05) is 23.0 Å². The van der Waals surface area contributed by atoms with E-state index in [0.29, 0.717) is 5.92 Å². The molecule has 0 aliphatic carbocycles. The summed E-state index contributed by atoms with van der Waals surface area (Å²) in [7, 11) is 1.68. The first-order chi connectivity index (χ1) is 10.2. The van der Waals surface area contributed by atoms with Gasteiger partial charge >= 0.3 is 0 Å². The van der Waals surface area contributed by atoms with Crippen LogP contribution in [0.15, 0.2) is 48.7 Å². The summed E-state index contributed by atoms with van der Waals surface area (Å²) in [4.78, 5) is 0. The molecule has 0 radical (unpaired) electrons. The van der Waals surface area contributed by atoms with Crippen molar-refractivity contribution in [3.05, 3.63) is 59.8 Å². The molecule has 0 unspecified atom stereocenters. The highest BCUT2D eigenvalue weighted by atomic mass is 16.5. The van der Waals surface area contributed by atoms with Crippen molar-refractivity contribution in [2.24, 2.45) is 0 Å². The number of methoxy groups -OCH3 is 1. The fourth-order valence-corrected chi connectivity index (χ4v) is 2.49. The summed E-state index contributed by atoms with van der Waals surface area (Å²) in [5.74, 6) is 1.42. The highest BCUT2D eigenvalue weighted by molar-refractivity contribution is 5.79. The quantitative estimate of drug-likeness (QED) is 0.715. The Balaban J connectivity index is 1.90. The Bertz CT molecular complexity index is 742. The highest BCUT2D eigenvalue weighted by Gasteiger charge is 2.06. The molecular formula is C18H20N2O. The van der Waals surface area contributed by atoms with Crippen LogP contribution in [0.5, 0.6) is 5.75 Å². The number of ether oxygens (including phenoxy) is 1. The first kappa shape index (κ1) is 13.7. The van der Waals surface area contributed by atoms with Gasteiger partial charge in [-0.3, -0.25) is 4.68 Å². The van der Waals surface area contributed by atoms with Crippen LogP contribution in [0.2, 0.25) is 0 Å². The maximum absolute atomic E-state index is 5.19. The van der Waals surface area contributed by atoms with Gasteiger partial charge in [-0.2, -0.15) is 5.10 Å². The normalized spacial score (nSPS) is 11.2. The minimum Gasteiger partial charge on any atom is -0.497 e. The molecule has 3 heteroatoms. The predicted molar refractivity (Wildman–Crippen MR) is 85.9 cm³/mol. The molecule has 3 nitrogen and oxygen atoms in total. The summed E-state index contributed by atoms with van der Waals surface area (Å²) >= 11 is 0. The second kappa shape index (κ2) is 5.60. The van der Waals surface area contributed by atoms with E-state index in [1.54, 1.807) is 7.11 Å². The average molecular weight is 280 g/mol. The van der Waals surface area contributed by atoms with Crippen LogP contribution in [0.1, 0.15) is 30.9 Å². The number of benzene rings is 2. The Kier molecular flexibility index (Phi) is 3.65. The number of aromatic nitrogens is 2. The Morgan fingerprint density at radius 1 is 1.10 bits per heavy atom. The predicted octanol–water partition coefficient (Wildman–Crippen LogP) is 4.22. The third-order valence-corrected chi connectivity index (χ3v) is 3.82. The van der Waals surface area contributed by atoms with Crippen molar-refractivity contribution in [1.29, 1.82) is 0 Å². The lowest BCUT2D eigenvalue weighted by atomic mass is 10.0. The van der Waals surface area contributed by atoms with Crippen molar-refractivity contribution in [2.75, 3.05) is 7.11 Å². The molecule has 0 atom stereocenters. The molecule has 0 saturated heterocycles. The molecule has 0 aliphatic rings. The zero-order chi connectivity index (χ0) is 14.8. The third kappa shape index (κ3) is 2.77. The Morgan fingerprint density at radius 2 is 1.86 bits per heavy atom. The van der Waals surface area contributed by atoms with Crippen molar-refractivity contribution >= 4 is 10.9 Å².